The largest absolute Gasteiger partial charge is 0.449 e. The number of ether oxygens (including phenoxy) is 2. The van der Waals surface area contributed by atoms with Crippen molar-refractivity contribution in [2.45, 2.75) is 26.6 Å². The Labute approximate surface area is 142 Å². The molecule has 0 saturated carbocycles. The minimum atomic E-state index is -2.92. The molecular weight excluding hydrogens is 338 g/mol. The first-order valence-electron chi connectivity index (χ1n) is 7.23. The lowest BCUT2D eigenvalue weighted by Gasteiger charge is -2.18. The highest BCUT2D eigenvalue weighted by Crippen LogP contribution is 2.16. The number of carbonyl (C=O) groups is 3. The number of rotatable bonds is 7. The number of nitrogens with one attached hydrogen (secondary N) is 1. The van der Waals surface area contributed by atoms with Gasteiger partial charge < -0.3 is 15.2 Å². The highest BCUT2D eigenvalue weighted by molar-refractivity contribution is 5.97. The molecule has 0 unspecified atom stereocenters. The molecule has 0 aliphatic heterocycles. The van der Waals surface area contributed by atoms with E-state index in [9.17, 15) is 23.2 Å². The van der Waals surface area contributed by atoms with Crippen molar-refractivity contribution in [3.05, 3.63) is 35.9 Å². The van der Waals surface area contributed by atoms with Crippen molar-refractivity contribution in [2.75, 3.05) is 0 Å². The fraction of sp³-hybridized carbons (Fsp3) is 0.312. The van der Waals surface area contributed by atoms with E-state index in [4.69, 9.17) is 10.5 Å². The molecule has 25 heavy (non-hydrogen) atoms. The third-order valence-electron chi connectivity index (χ3n) is 2.87. The Balaban J connectivity index is 2.68. The van der Waals surface area contributed by atoms with Crippen LogP contribution >= 0.6 is 0 Å². The van der Waals surface area contributed by atoms with Gasteiger partial charge in [0, 0.05) is 6.08 Å². The third-order valence-corrected chi connectivity index (χ3v) is 2.87. The molecule has 3 N–H and O–H groups in total. The van der Waals surface area contributed by atoms with Crippen molar-refractivity contribution in [1.82, 2.24) is 5.32 Å². The van der Waals surface area contributed by atoms with Crippen LogP contribution in [0, 0.1) is 5.92 Å². The molecule has 0 heterocycles. The van der Waals surface area contributed by atoms with Gasteiger partial charge in [0.2, 0.25) is 0 Å². The van der Waals surface area contributed by atoms with E-state index in [1.54, 1.807) is 13.8 Å². The van der Waals surface area contributed by atoms with Gasteiger partial charge in [0.1, 0.15) is 5.75 Å². The van der Waals surface area contributed by atoms with Crippen LogP contribution < -0.4 is 15.8 Å². The van der Waals surface area contributed by atoms with Gasteiger partial charge in [0.05, 0.1) is 0 Å². The molecule has 136 valence electrons. The maximum absolute atomic E-state index is 12.0. The monoisotopic (exact) mass is 356 g/mol. The maximum Gasteiger partial charge on any atom is 0.387 e. The van der Waals surface area contributed by atoms with E-state index in [1.807, 2.05) is 5.32 Å². The van der Waals surface area contributed by atoms with Crippen molar-refractivity contribution >= 4 is 24.0 Å². The summed E-state index contributed by atoms with van der Waals surface area (Å²) in [4.78, 5) is 34.3. The lowest BCUT2D eigenvalue weighted by molar-refractivity contribution is -0.153. The Kier molecular flexibility index (Phi) is 7.51. The zero-order valence-electron chi connectivity index (χ0n) is 13.6. The summed E-state index contributed by atoms with van der Waals surface area (Å²) in [5.74, 6) is -2.04. The van der Waals surface area contributed by atoms with Crippen molar-refractivity contribution < 1.29 is 32.6 Å². The molecule has 3 amide bonds. The smallest absolute Gasteiger partial charge is 0.387 e. The molecule has 0 aliphatic rings. The molecule has 0 radical (unpaired) electrons. The minimum Gasteiger partial charge on any atom is -0.449 e. The maximum atomic E-state index is 12.0. The van der Waals surface area contributed by atoms with Crippen LogP contribution in [0.25, 0.3) is 6.08 Å². The molecule has 0 aliphatic carbocycles. The van der Waals surface area contributed by atoms with Gasteiger partial charge in [-0.15, -0.1) is 0 Å². The lowest BCUT2D eigenvalue weighted by atomic mass is 10.1. The third kappa shape index (κ3) is 7.42. The van der Waals surface area contributed by atoms with Gasteiger partial charge in [-0.25, -0.2) is 9.59 Å². The van der Waals surface area contributed by atoms with Gasteiger partial charge in [0.25, 0.3) is 5.91 Å². The van der Waals surface area contributed by atoms with Gasteiger partial charge in [0.15, 0.2) is 6.10 Å². The van der Waals surface area contributed by atoms with Crippen LogP contribution in [0.15, 0.2) is 30.3 Å². The first-order valence-corrected chi connectivity index (χ1v) is 7.23. The number of esters is 1. The van der Waals surface area contributed by atoms with Gasteiger partial charge in [-0.2, -0.15) is 8.78 Å². The summed E-state index contributed by atoms with van der Waals surface area (Å²) < 4.78 is 33.3. The van der Waals surface area contributed by atoms with Crippen LogP contribution in [-0.4, -0.2) is 30.6 Å². The van der Waals surface area contributed by atoms with Crippen LogP contribution in [0.1, 0.15) is 19.4 Å². The molecule has 9 heteroatoms. The lowest BCUT2D eigenvalue weighted by Crippen LogP contribution is -2.45. The van der Waals surface area contributed by atoms with Crippen LogP contribution in [0.4, 0.5) is 13.6 Å². The standard InChI is InChI=1S/C16H18F2N2O5/c1-9(2)13(14(22)20-16(19)23)25-12(21)8-5-10-3-6-11(7-4-10)24-15(17)18/h3-9,13,15H,1-2H3,(H3,19,20,22,23)/b8-5+/t13-/m0/s1. The van der Waals surface area contributed by atoms with Crippen molar-refractivity contribution in [2.24, 2.45) is 11.7 Å². The number of imide groups is 1. The summed E-state index contributed by atoms with van der Waals surface area (Å²) in [5.41, 5.74) is 5.39. The molecule has 0 saturated heterocycles. The number of urea groups is 1. The second kappa shape index (κ2) is 9.36. The number of hydrogen-bond acceptors (Lipinski definition) is 5. The Hall–Kier alpha value is -2.97. The van der Waals surface area contributed by atoms with Gasteiger partial charge >= 0.3 is 18.6 Å². The van der Waals surface area contributed by atoms with Crippen LogP contribution in [0.3, 0.4) is 0 Å². The van der Waals surface area contributed by atoms with Crippen molar-refractivity contribution in [3.8, 4) is 5.75 Å². The summed E-state index contributed by atoms with van der Waals surface area (Å²) >= 11 is 0. The first kappa shape index (κ1) is 20.1. The molecule has 0 spiro atoms. The van der Waals surface area contributed by atoms with Gasteiger partial charge in [-0.3, -0.25) is 10.1 Å². The van der Waals surface area contributed by atoms with E-state index in [2.05, 4.69) is 4.74 Å². The normalized spacial score (nSPS) is 12.2. The average molecular weight is 356 g/mol. The SMILES string of the molecule is CC(C)[C@H](OC(=O)/C=C/c1ccc(OC(F)F)cc1)C(=O)NC(N)=O. The van der Waals surface area contributed by atoms with E-state index in [0.29, 0.717) is 5.56 Å². The second-order valence-corrected chi connectivity index (χ2v) is 5.24. The molecule has 0 fully saturated rings. The van der Waals surface area contributed by atoms with Crippen molar-refractivity contribution in [3.63, 3.8) is 0 Å². The topological polar surface area (TPSA) is 108 Å². The summed E-state index contributed by atoms with van der Waals surface area (Å²) in [7, 11) is 0. The molecule has 0 bridgehead atoms. The summed E-state index contributed by atoms with van der Waals surface area (Å²) in [6.45, 7) is 0.337. The van der Waals surface area contributed by atoms with E-state index >= 15 is 0 Å². The Morgan fingerprint density at radius 1 is 1.16 bits per heavy atom. The number of alkyl halides is 2. The molecule has 1 aromatic rings. The highest BCUT2D eigenvalue weighted by atomic mass is 19.3. The second-order valence-electron chi connectivity index (χ2n) is 5.24. The number of benzene rings is 1. The number of hydrogen-bond donors (Lipinski definition) is 2. The zero-order chi connectivity index (χ0) is 19.0. The fourth-order valence-electron chi connectivity index (χ4n) is 1.77. The van der Waals surface area contributed by atoms with Crippen molar-refractivity contribution in [1.29, 1.82) is 0 Å². The Morgan fingerprint density at radius 3 is 2.24 bits per heavy atom. The number of carbonyl (C=O) groups excluding carboxylic acids is 3. The molecular formula is C16H18F2N2O5. The average Bonchev–Trinajstić information content (AvgIpc) is 2.50. The molecule has 7 nitrogen and oxygen atoms in total. The zero-order valence-corrected chi connectivity index (χ0v) is 13.6. The van der Waals surface area contributed by atoms with E-state index in [-0.39, 0.29) is 11.7 Å². The van der Waals surface area contributed by atoms with E-state index in [1.165, 1.54) is 30.3 Å². The Bertz CT molecular complexity index is 644. The molecule has 1 rings (SSSR count). The van der Waals surface area contributed by atoms with Gasteiger partial charge in [-0.05, 0) is 29.7 Å². The predicted molar refractivity (Wildman–Crippen MR) is 84.6 cm³/mol. The van der Waals surface area contributed by atoms with E-state index < -0.39 is 30.6 Å². The van der Waals surface area contributed by atoms with Crippen LogP contribution in [0.2, 0.25) is 0 Å². The van der Waals surface area contributed by atoms with Crippen LogP contribution in [0.5, 0.6) is 5.75 Å². The summed E-state index contributed by atoms with van der Waals surface area (Å²) in [5, 5.41) is 1.85. The highest BCUT2D eigenvalue weighted by Gasteiger charge is 2.26. The number of amides is 3. The number of nitrogens with two attached hydrogens (primary N) is 1. The minimum absolute atomic E-state index is 0.0160. The van der Waals surface area contributed by atoms with Crippen LogP contribution in [-0.2, 0) is 14.3 Å². The summed E-state index contributed by atoms with van der Waals surface area (Å²) in [6, 6.07) is 4.50. The molecule has 0 aromatic heterocycles. The molecule has 1 aromatic carbocycles. The van der Waals surface area contributed by atoms with Gasteiger partial charge in [-0.1, -0.05) is 26.0 Å². The summed E-state index contributed by atoms with van der Waals surface area (Å²) in [6.07, 6.45) is 1.25. The first-order chi connectivity index (χ1) is 11.7. The predicted octanol–water partition coefficient (Wildman–Crippen LogP) is 2.06. The quantitative estimate of drug-likeness (QED) is 0.574. The van der Waals surface area contributed by atoms with E-state index in [0.717, 1.165) is 6.08 Å². The fourth-order valence-corrected chi connectivity index (χ4v) is 1.77. The number of primary amides is 1. The number of halogens is 2. The molecule has 1 atom stereocenters. The Morgan fingerprint density at radius 2 is 1.76 bits per heavy atom.